The van der Waals surface area contributed by atoms with Gasteiger partial charge in [-0.05, 0) is 30.3 Å². The number of furan rings is 1. The highest BCUT2D eigenvalue weighted by molar-refractivity contribution is 9.10. The number of hydrogen-bond donors (Lipinski definition) is 2. The van der Waals surface area contributed by atoms with Crippen molar-refractivity contribution in [3.63, 3.8) is 0 Å². The third-order valence-electron chi connectivity index (χ3n) is 4.28. The van der Waals surface area contributed by atoms with E-state index >= 15 is 0 Å². The van der Waals surface area contributed by atoms with Crippen molar-refractivity contribution in [2.75, 3.05) is 31.5 Å². The zero-order valence-electron chi connectivity index (χ0n) is 17.4. The minimum atomic E-state index is -0.933. The van der Waals surface area contributed by atoms with Crippen LogP contribution in [0.2, 0.25) is 0 Å². The molecule has 11 heteroatoms. The van der Waals surface area contributed by atoms with Gasteiger partial charge in [-0.15, -0.1) is 0 Å². The average molecular weight is 521 g/mol. The SMILES string of the molecule is COc1cc(NC(=O)c2ccco2)c(C(=O)OCC(=O)Nc2ccc(Br)cc2F)cc1OC. The maximum absolute atomic E-state index is 13.9. The van der Waals surface area contributed by atoms with Crippen LogP contribution in [0.25, 0.3) is 0 Å². The van der Waals surface area contributed by atoms with Gasteiger partial charge in [0.15, 0.2) is 23.9 Å². The molecule has 0 saturated heterocycles. The van der Waals surface area contributed by atoms with Crippen molar-refractivity contribution in [2.24, 2.45) is 0 Å². The lowest BCUT2D eigenvalue weighted by Gasteiger charge is -2.15. The molecule has 172 valence electrons. The lowest BCUT2D eigenvalue weighted by atomic mass is 10.1. The van der Waals surface area contributed by atoms with E-state index < -0.39 is 30.2 Å². The minimum absolute atomic E-state index is 0.0139. The van der Waals surface area contributed by atoms with E-state index in [0.717, 1.165) is 0 Å². The number of benzene rings is 2. The highest BCUT2D eigenvalue weighted by atomic mass is 79.9. The van der Waals surface area contributed by atoms with Crippen LogP contribution in [0, 0.1) is 5.82 Å². The molecule has 1 aromatic heterocycles. The third kappa shape index (κ3) is 5.89. The standard InChI is InChI=1S/C22H18BrFN2O7/c1-30-18-9-13(16(10-19(18)31-2)26-21(28)17-4-3-7-32-17)22(29)33-11-20(27)25-15-6-5-12(23)8-14(15)24/h3-10H,11H2,1-2H3,(H,25,27)(H,26,28). The van der Waals surface area contributed by atoms with E-state index in [1.807, 2.05) is 0 Å². The highest BCUT2D eigenvalue weighted by Gasteiger charge is 2.22. The molecule has 0 radical (unpaired) electrons. The number of ether oxygens (including phenoxy) is 3. The number of hydrogen-bond acceptors (Lipinski definition) is 7. The number of carbonyl (C=O) groups excluding carboxylic acids is 3. The Kier molecular flexibility index (Phi) is 7.67. The van der Waals surface area contributed by atoms with Gasteiger partial charge in [-0.1, -0.05) is 15.9 Å². The number of esters is 1. The molecule has 0 aliphatic carbocycles. The first-order valence-corrected chi connectivity index (χ1v) is 10.1. The van der Waals surface area contributed by atoms with Crippen LogP contribution in [0.1, 0.15) is 20.9 Å². The van der Waals surface area contributed by atoms with Gasteiger partial charge in [-0.2, -0.15) is 0 Å². The molecule has 3 aromatic rings. The molecule has 0 aliphatic heterocycles. The molecule has 0 unspecified atom stereocenters. The molecule has 0 fully saturated rings. The predicted molar refractivity (Wildman–Crippen MR) is 119 cm³/mol. The quantitative estimate of drug-likeness (QED) is 0.426. The second-order valence-corrected chi connectivity index (χ2v) is 7.35. The van der Waals surface area contributed by atoms with E-state index in [2.05, 4.69) is 26.6 Å². The van der Waals surface area contributed by atoms with E-state index in [4.69, 9.17) is 18.6 Å². The zero-order chi connectivity index (χ0) is 24.0. The molecule has 0 atom stereocenters. The fourth-order valence-corrected chi connectivity index (χ4v) is 3.06. The first kappa shape index (κ1) is 23.8. The van der Waals surface area contributed by atoms with Crippen molar-refractivity contribution in [2.45, 2.75) is 0 Å². The van der Waals surface area contributed by atoms with Crippen molar-refractivity contribution in [3.8, 4) is 11.5 Å². The molecule has 1 heterocycles. The molecule has 0 bridgehead atoms. The van der Waals surface area contributed by atoms with Gasteiger partial charge in [-0.25, -0.2) is 9.18 Å². The minimum Gasteiger partial charge on any atom is -0.493 e. The summed E-state index contributed by atoms with van der Waals surface area (Å²) in [6.45, 7) is -0.700. The Labute approximate surface area is 195 Å². The number of anilines is 2. The molecule has 0 aliphatic rings. The van der Waals surface area contributed by atoms with Gasteiger partial charge >= 0.3 is 5.97 Å². The normalized spacial score (nSPS) is 10.3. The van der Waals surface area contributed by atoms with Crippen LogP contribution in [-0.2, 0) is 9.53 Å². The monoisotopic (exact) mass is 520 g/mol. The van der Waals surface area contributed by atoms with Crippen LogP contribution >= 0.6 is 15.9 Å². The third-order valence-corrected chi connectivity index (χ3v) is 4.77. The lowest BCUT2D eigenvalue weighted by molar-refractivity contribution is -0.119. The Bertz CT molecular complexity index is 1180. The first-order valence-electron chi connectivity index (χ1n) is 9.35. The van der Waals surface area contributed by atoms with Gasteiger partial charge in [0, 0.05) is 16.6 Å². The van der Waals surface area contributed by atoms with E-state index in [1.54, 1.807) is 6.07 Å². The van der Waals surface area contributed by atoms with Gasteiger partial charge in [0.25, 0.3) is 11.8 Å². The number of halogens is 2. The summed E-state index contributed by atoms with van der Waals surface area (Å²) in [5.74, 6) is -2.52. The van der Waals surface area contributed by atoms with Crippen molar-refractivity contribution in [3.05, 3.63) is 70.3 Å². The molecule has 0 saturated carbocycles. The molecule has 2 N–H and O–H groups in total. The van der Waals surface area contributed by atoms with Crippen molar-refractivity contribution >= 4 is 45.1 Å². The summed E-state index contributed by atoms with van der Waals surface area (Å²) >= 11 is 3.12. The van der Waals surface area contributed by atoms with Gasteiger partial charge < -0.3 is 29.3 Å². The second kappa shape index (κ2) is 10.6. The number of amides is 2. The summed E-state index contributed by atoms with van der Waals surface area (Å²) < 4.78 is 34.9. The van der Waals surface area contributed by atoms with E-state index in [9.17, 15) is 18.8 Å². The topological polar surface area (TPSA) is 116 Å². The fraction of sp³-hybridized carbons (Fsp3) is 0.136. The Hall–Kier alpha value is -3.86. The molecular weight excluding hydrogens is 503 g/mol. The lowest BCUT2D eigenvalue weighted by Crippen LogP contribution is -2.22. The molecular formula is C22H18BrFN2O7. The number of nitrogens with one attached hydrogen (secondary N) is 2. The average Bonchev–Trinajstić information content (AvgIpc) is 3.34. The van der Waals surface area contributed by atoms with Crippen LogP contribution in [-0.4, -0.2) is 38.6 Å². The molecule has 0 spiro atoms. The van der Waals surface area contributed by atoms with Crippen molar-refractivity contribution < 1.29 is 37.4 Å². The Morgan fingerprint density at radius 1 is 1.00 bits per heavy atom. The van der Waals surface area contributed by atoms with E-state index in [-0.39, 0.29) is 34.2 Å². The van der Waals surface area contributed by atoms with Gasteiger partial charge in [0.05, 0.1) is 37.4 Å². The van der Waals surface area contributed by atoms with Crippen molar-refractivity contribution in [1.82, 2.24) is 0 Å². The summed E-state index contributed by atoms with van der Waals surface area (Å²) in [4.78, 5) is 37.2. The zero-order valence-corrected chi connectivity index (χ0v) is 19.0. The summed E-state index contributed by atoms with van der Waals surface area (Å²) in [6, 6.07) is 9.72. The Morgan fingerprint density at radius 2 is 1.73 bits per heavy atom. The summed E-state index contributed by atoms with van der Waals surface area (Å²) in [5.41, 5.74) is -0.134. The smallest absolute Gasteiger partial charge is 0.340 e. The maximum Gasteiger partial charge on any atom is 0.340 e. The summed E-state index contributed by atoms with van der Waals surface area (Å²) in [6.07, 6.45) is 1.32. The number of carbonyl (C=O) groups is 3. The highest BCUT2D eigenvalue weighted by Crippen LogP contribution is 2.34. The summed E-state index contributed by atoms with van der Waals surface area (Å²) in [5, 5.41) is 4.85. The van der Waals surface area contributed by atoms with Crippen LogP contribution in [0.3, 0.4) is 0 Å². The van der Waals surface area contributed by atoms with Crippen LogP contribution < -0.4 is 20.1 Å². The fourth-order valence-electron chi connectivity index (χ4n) is 2.73. The molecule has 2 aromatic carbocycles. The second-order valence-electron chi connectivity index (χ2n) is 6.43. The van der Waals surface area contributed by atoms with Gasteiger partial charge in [-0.3, -0.25) is 9.59 Å². The Balaban J connectivity index is 1.77. The maximum atomic E-state index is 13.9. The number of methoxy groups -OCH3 is 2. The van der Waals surface area contributed by atoms with Crippen LogP contribution in [0.5, 0.6) is 11.5 Å². The van der Waals surface area contributed by atoms with Crippen LogP contribution in [0.15, 0.2) is 57.6 Å². The predicted octanol–water partition coefficient (Wildman–Crippen LogP) is 4.25. The molecule has 33 heavy (non-hydrogen) atoms. The molecule has 3 rings (SSSR count). The van der Waals surface area contributed by atoms with E-state index in [0.29, 0.717) is 4.47 Å². The summed E-state index contributed by atoms with van der Waals surface area (Å²) in [7, 11) is 2.76. The molecule has 9 nitrogen and oxygen atoms in total. The van der Waals surface area contributed by atoms with Gasteiger partial charge in [0.1, 0.15) is 5.82 Å². The molecule has 2 amide bonds. The van der Waals surface area contributed by atoms with Gasteiger partial charge in [0.2, 0.25) is 0 Å². The van der Waals surface area contributed by atoms with Crippen LogP contribution in [0.4, 0.5) is 15.8 Å². The van der Waals surface area contributed by atoms with Crippen molar-refractivity contribution in [1.29, 1.82) is 0 Å². The number of rotatable bonds is 8. The first-order chi connectivity index (χ1) is 15.8. The van der Waals surface area contributed by atoms with E-state index in [1.165, 1.54) is 56.9 Å². The largest absolute Gasteiger partial charge is 0.493 e. The Morgan fingerprint density at radius 3 is 2.36 bits per heavy atom.